The van der Waals surface area contributed by atoms with Crippen molar-refractivity contribution in [3.05, 3.63) is 0 Å². The second kappa shape index (κ2) is 4.94. The van der Waals surface area contributed by atoms with Crippen molar-refractivity contribution in [2.45, 2.75) is 32.9 Å². The minimum absolute atomic E-state index is 0.295. The van der Waals surface area contributed by atoms with Gasteiger partial charge in [0.25, 0.3) is 0 Å². The molecule has 78 valence electrons. The maximum absolute atomic E-state index is 9.00. The normalized spacial score (nSPS) is 33.2. The molecule has 13 heavy (non-hydrogen) atoms. The van der Waals surface area contributed by atoms with Crippen LogP contribution in [0.4, 0.5) is 0 Å². The van der Waals surface area contributed by atoms with Gasteiger partial charge in [-0.2, -0.15) is 0 Å². The van der Waals surface area contributed by atoms with Crippen molar-refractivity contribution in [1.29, 1.82) is 0 Å². The van der Waals surface area contributed by atoms with E-state index < -0.39 is 0 Å². The number of hydrogen-bond acceptors (Lipinski definition) is 3. The van der Waals surface area contributed by atoms with E-state index in [4.69, 9.17) is 5.11 Å². The summed E-state index contributed by atoms with van der Waals surface area (Å²) in [5.74, 6) is 0.392. The predicted octanol–water partition coefficient (Wildman–Crippen LogP) is 0.297. The van der Waals surface area contributed by atoms with Crippen molar-refractivity contribution < 1.29 is 5.11 Å². The highest BCUT2D eigenvalue weighted by Gasteiger charge is 2.25. The molecule has 1 rings (SSSR count). The van der Waals surface area contributed by atoms with Gasteiger partial charge in [-0.05, 0) is 19.8 Å². The van der Waals surface area contributed by atoms with Crippen LogP contribution in [0, 0.1) is 5.92 Å². The zero-order chi connectivity index (χ0) is 9.84. The summed E-state index contributed by atoms with van der Waals surface area (Å²) in [5.41, 5.74) is 0. The van der Waals surface area contributed by atoms with Crippen LogP contribution < -0.4 is 5.32 Å². The van der Waals surface area contributed by atoms with Gasteiger partial charge in [0.15, 0.2) is 0 Å². The van der Waals surface area contributed by atoms with Crippen LogP contribution in [0.25, 0.3) is 0 Å². The molecule has 3 atom stereocenters. The highest BCUT2D eigenvalue weighted by Crippen LogP contribution is 2.11. The quantitative estimate of drug-likeness (QED) is 0.665. The summed E-state index contributed by atoms with van der Waals surface area (Å²) in [6.07, 6.45) is 0. The summed E-state index contributed by atoms with van der Waals surface area (Å²) in [5, 5.41) is 12.4. The van der Waals surface area contributed by atoms with Crippen molar-refractivity contribution in [3.8, 4) is 0 Å². The van der Waals surface area contributed by atoms with E-state index in [0.717, 1.165) is 19.6 Å². The molecule has 0 saturated carbocycles. The summed E-state index contributed by atoms with van der Waals surface area (Å²) >= 11 is 0. The SMILES string of the molecule is CC(CO)CN1C(C)CNCC1C. The van der Waals surface area contributed by atoms with E-state index >= 15 is 0 Å². The van der Waals surface area contributed by atoms with Gasteiger partial charge in [0.2, 0.25) is 0 Å². The third kappa shape index (κ3) is 2.93. The van der Waals surface area contributed by atoms with Crippen molar-refractivity contribution >= 4 is 0 Å². The zero-order valence-corrected chi connectivity index (χ0v) is 8.95. The molecule has 0 amide bonds. The van der Waals surface area contributed by atoms with Crippen molar-refractivity contribution in [2.75, 3.05) is 26.2 Å². The topological polar surface area (TPSA) is 35.5 Å². The van der Waals surface area contributed by atoms with Crippen LogP contribution in [-0.2, 0) is 0 Å². The first-order chi connectivity index (χ1) is 6.15. The Balaban J connectivity index is 2.43. The molecule has 0 radical (unpaired) electrons. The van der Waals surface area contributed by atoms with E-state index in [-0.39, 0.29) is 0 Å². The van der Waals surface area contributed by atoms with Gasteiger partial charge in [-0.3, -0.25) is 4.90 Å². The Morgan fingerprint density at radius 1 is 1.38 bits per heavy atom. The zero-order valence-electron chi connectivity index (χ0n) is 8.95. The second-order valence-electron chi connectivity index (χ2n) is 4.34. The Kier molecular flexibility index (Phi) is 4.16. The largest absolute Gasteiger partial charge is 0.396 e. The van der Waals surface area contributed by atoms with Crippen LogP contribution in [0.15, 0.2) is 0 Å². The van der Waals surface area contributed by atoms with Gasteiger partial charge < -0.3 is 10.4 Å². The first kappa shape index (κ1) is 11.0. The number of rotatable bonds is 3. The molecule has 3 unspecified atom stereocenters. The standard InChI is InChI=1S/C10H22N2O/c1-8(7-13)6-12-9(2)4-11-5-10(12)3/h8-11,13H,4-7H2,1-3H3. The van der Waals surface area contributed by atoms with Crippen LogP contribution >= 0.6 is 0 Å². The molecule has 0 aliphatic carbocycles. The van der Waals surface area contributed by atoms with Crippen LogP contribution in [-0.4, -0.2) is 48.3 Å². The maximum atomic E-state index is 9.00. The molecule has 1 fully saturated rings. The summed E-state index contributed by atoms with van der Waals surface area (Å²) in [7, 11) is 0. The van der Waals surface area contributed by atoms with Gasteiger partial charge in [-0.1, -0.05) is 6.92 Å². The first-order valence-corrected chi connectivity index (χ1v) is 5.22. The number of hydrogen-bond donors (Lipinski definition) is 2. The smallest absolute Gasteiger partial charge is 0.0468 e. The Labute approximate surface area is 81.1 Å². The molecule has 1 aliphatic heterocycles. The van der Waals surface area contributed by atoms with E-state index in [9.17, 15) is 0 Å². The molecule has 1 saturated heterocycles. The molecular weight excluding hydrogens is 164 g/mol. The Morgan fingerprint density at radius 2 is 1.92 bits per heavy atom. The number of nitrogens with one attached hydrogen (secondary N) is 1. The fourth-order valence-corrected chi connectivity index (χ4v) is 1.95. The molecule has 3 heteroatoms. The number of nitrogens with zero attached hydrogens (tertiary/aromatic N) is 1. The summed E-state index contributed by atoms with van der Waals surface area (Å²) in [6.45, 7) is 10.0. The average molecular weight is 186 g/mol. The third-order valence-corrected chi connectivity index (χ3v) is 2.85. The van der Waals surface area contributed by atoms with Gasteiger partial charge in [0, 0.05) is 38.3 Å². The van der Waals surface area contributed by atoms with Crippen molar-refractivity contribution in [2.24, 2.45) is 5.92 Å². The van der Waals surface area contributed by atoms with E-state index in [1.165, 1.54) is 0 Å². The van der Waals surface area contributed by atoms with E-state index in [1.807, 2.05) is 0 Å². The van der Waals surface area contributed by atoms with E-state index in [2.05, 4.69) is 31.0 Å². The van der Waals surface area contributed by atoms with Gasteiger partial charge in [-0.25, -0.2) is 0 Å². The highest BCUT2D eigenvalue weighted by molar-refractivity contribution is 4.83. The van der Waals surface area contributed by atoms with Gasteiger partial charge in [-0.15, -0.1) is 0 Å². The highest BCUT2D eigenvalue weighted by atomic mass is 16.3. The molecule has 3 nitrogen and oxygen atoms in total. The lowest BCUT2D eigenvalue weighted by molar-refractivity contribution is 0.0829. The second-order valence-corrected chi connectivity index (χ2v) is 4.34. The fraction of sp³-hybridized carbons (Fsp3) is 1.00. The first-order valence-electron chi connectivity index (χ1n) is 5.22. The molecule has 0 aromatic rings. The molecule has 1 heterocycles. The Morgan fingerprint density at radius 3 is 2.38 bits per heavy atom. The maximum Gasteiger partial charge on any atom is 0.0468 e. The van der Waals surface area contributed by atoms with Gasteiger partial charge in [0.05, 0.1) is 0 Å². The molecule has 2 N–H and O–H groups in total. The molecule has 0 bridgehead atoms. The van der Waals surface area contributed by atoms with Crippen molar-refractivity contribution in [3.63, 3.8) is 0 Å². The van der Waals surface area contributed by atoms with E-state index in [1.54, 1.807) is 0 Å². The predicted molar refractivity (Wildman–Crippen MR) is 54.7 cm³/mol. The monoisotopic (exact) mass is 186 g/mol. The van der Waals surface area contributed by atoms with Gasteiger partial charge in [0.1, 0.15) is 0 Å². The summed E-state index contributed by atoms with van der Waals surface area (Å²) in [4.78, 5) is 2.48. The Bertz CT molecular complexity index is 142. The molecular formula is C10H22N2O. The van der Waals surface area contributed by atoms with Crippen LogP contribution in [0.3, 0.4) is 0 Å². The van der Waals surface area contributed by atoms with Crippen LogP contribution in [0.1, 0.15) is 20.8 Å². The lowest BCUT2D eigenvalue weighted by atomic mass is 10.1. The van der Waals surface area contributed by atoms with Gasteiger partial charge >= 0.3 is 0 Å². The number of aliphatic hydroxyl groups excluding tert-OH is 1. The lowest BCUT2D eigenvalue weighted by Crippen LogP contribution is -2.56. The summed E-state index contributed by atoms with van der Waals surface area (Å²) in [6, 6.07) is 1.19. The third-order valence-electron chi connectivity index (χ3n) is 2.85. The lowest BCUT2D eigenvalue weighted by Gasteiger charge is -2.40. The number of piperazine rings is 1. The minimum Gasteiger partial charge on any atom is -0.396 e. The molecule has 1 aliphatic rings. The van der Waals surface area contributed by atoms with Crippen LogP contribution in [0.2, 0.25) is 0 Å². The molecule has 0 spiro atoms. The summed E-state index contributed by atoms with van der Waals surface area (Å²) < 4.78 is 0. The average Bonchev–Trinajstić information content (AvgIpc) is 2.11. The molecule has 0 aromatic heterocycles. The fourth-order valence-electron chi connectivity index (χ4n) is 1.95. The number of aliphatic hydroxyl groups is 1. The van der Waals surface area contributed by atoms with Crippen molar-refractivity contribution in [1.82, 2.24) is 10.2 Å². The minimum atomic E-state index is 0.295. The Hall–Kier alpha value is -0.120. The van der Waals surface area contributed by atoms with E-state index in [0.29, 0.717) is 24.6 Å². The van der Waals surface area contributed by atoms with Crippen LogP contribution in [0.5, 0.6) is 0 Å². The molecule has 0 aromatic carbocycles.